The predicted molar refractivity (Wildman–Crippen MR) is 68.2 cm³/mol. The van der Waals surface area contributed by atoms with E-state index in [0.29, 0.717) is 11.6 Å². The molecule has 0 aliphatic rings. The average Bonchev–Trinajstić information content (AvgIpc) is 2.34. The molecule has 17 heavy (non-hydrogen) atoms. The zero-order valence-corrected chi connectivity index (χ0v) is 10.6. The van der Waals surface area contributed by atoms with Crippen molar-refractivity contribution >= 4 is 5.69 Å². The van der Waals surface area contributed by atoms with E-state index >= 15 is 0 Å². The molecular formula is C14H21F2N. The molecule has 1 aromatic carbocycles. The van der Waals surface area contributed by atoms with Gasteiger partial charge in [0, 0.05) is 12.2 Å². The number of anilines is 1. The molecule has 3 heteroatoms. The van der Waals surface area contributed by atoms with Gasteiger partial charge in [-0.05, 0) is 30.5 Å². The van der Waals surface area contributed by atoms with Crippen LogP contribution in [0.5, 0.6) is 0 Å². The Balaban J connectivity index is 2.45. The van der Waals surface area contributed by atoms with Crippen molar-refractivity contribution in [2.75, 3.05) is 11.9 Å². The van der Waals surface area contributed by atoms with Crippen molar-refractivity contribution in [1.29, 1.82) is 0 Å². The summed E-state index contributed by atoms with van der Waals surface area (Å²) in [7, 11) is 0. The van der Waals surface area contributed by atoms with Crippen molar-refractivity contribution in [1.82, 2.24) is 0 Å². The summed E-state index contributed by atoms with van der Waals surface area (Å²) in [5.74, 6) is -0.992. The Bertz CT molecular complexity index is 339. The lowest BCUT2D eigenvalue weighted by atomic mass is 9.99. The zero-order valence-electron chi connectivity index (χ0n) is 10.6. The third-order valence-electron chi connectivity index (χ3n) is 3.06. The molecule has 0 saturated carbocycles. The highest BCUT2D eigenvalue weighted by molar-refractivity contribution is 5.43. The maximum absolute atomic E-state index is 13.0. The highest BCUT2D eigenvalue weighted by Gasteiger charge is 2.07. The molecule has 1 atom stereocenters. The second-order valence-corrected chi connectivity index (χ2v) is 4.43. The van der Waals surface area contributed by atoms with Gasteiger partial charge in [0.15, 0.2) is 11.6 Å². The fraction of sp³-hybridized carbons (Fsp3) is 0.571. The van der Waals surface area contributed by atoms with Gasteiger partial charge in [0.1, 0.15) is 0 Å². The van der Waals surface area contributed by atoms with Gasteiger partial charge >= 0.3 is 0 Å². The van der Waals surface area contributed by atoms with Crippen molar-refractivity contribution < 1.29 is 8.78 Å². The lowest BCUT2D eigenvalue weighted by Crippen LogP contribution is -2.13. The first-order chi connectivity index (χ1) is 8.17. The summed E-state index contributed by atoms with van der Waals surface area (Å²) < 4.78 is 25.7. The van der Waals surface area contributed by atoms with E-state index in [9.17, 15) is 8.78 Å². The van der Waals surface area contributed by atoms with Gasteiger partial charge in [-0.1, -0.05) is 33.1 Å². The molecule has 0 radical (unpaired) electrons. The number of hydrogen-bond donors (Lipinski definition) is 1. The first-order valence-electron chi connectivity index (χ1n) is 6.36. The van der Waals surface area contributed by atoms with Gasteiger partial charge in [0.2, 0.25) is 0 Å². The van der Waals surface area contributed by atoms with Crippen molar-refractivity contribution in [2.45, 2.75) is 39.5 Å². The van der Waals surface area contributed by atoms with Crippen LogP contribution in [-0.2, 0) is 0 Å². The molecule has 0 saturated heterocycles. The summed E-state index contributed by atoms with van der Waals surface area (Å²) in [6.45, 7) is 5.16. The second kappa shape index (κ2) is 7.25. The number of unbranched alkanes of at least 4 members (excludes halogenated alkanes) is 1. The summed E-state index contributed by atoms with van der Waals surface area (Å²) in [6.07, 6.45) is 4.71. The van der Waals surface area contributed by atoms with Crippen LogP contribution < -0.4 is 5.32 Å². The summed E-state index contributed by atoms with van der Waals surface area (Å²) >= 11 is 0. The predicted octanol–water partition coefficient (Wildman–Crippen LogP) is 4.59. The van der Waals surface area contributed by atoms with Gasteiger partial charge in [-0.3, -0.25) is 0 Å². The quantitative estimate of drug-likeness (QED) is 0.736. The molecule has 1 rings (SSSR count). The van der Waals surface area contributed by atoms with E-state index in [1.807, 2.05) is 0 Å². The van der Waals surface area contributed by atoms with Gasteiger partial charge in [-0.2, -0.15) is 0 Å². The highest BCUT2D eigenvalue weighted by Crippen LogP contribution is 2.16. The lowest BCUT2D eigenvalue weighted by Gasteiger charge is -2.16. The Labute approximate surface area is 102 Å². The summed E-state index contributed by atoms with van der Waals surface area (Å²) in [5.41, 5.74) is 0.652. The molecule has 0 spiro atoms. The van der Waals surface area contributed by atoms with Crippen LogP contribution in [0.1, 0.15) is 39.5 Å². The van der Waals surface area contributed by atoms with E-state index in [2.05, 4.69) is 19.2 Å². The van der Waals surface area contributed by atoms with E-state index in [1.165, 1.54) is 25.3 Å². The molecule has 1 nitrogen and oxygen atoms in total. The fourth-order valence-corrected chi connectivity index (χ4v) is 1.81. The van der Waals surface area contributed by atoms with Crippen molar-refractivity contribution in [3.8, 4) is 0 Å². The summed E-state index contributed by atoms with van der Waals surface area (Å²) in [5, 5.41) is 3.17. The van der Waals surface area contributed by atoms with Crippen LogP contribution in [0.4, 0.5) is 14.5 Å². The second-order valence-electron chi connectivity index (χ2n) is 4.43. The topological polar surface area (TPSA) is 12.0 Å². The third kappa shape index (κ3) is 4.72. The molecule has 0 bridgehead atoms. The van der Waals surface area contributed by atoms with Crippen LogP contribution in [-0.4, -0.2) is 6.54 Å². The molecule has 1 aromatic rings. The molecule has 0 aliphatic heterocycles. The monoisotopic (exact) mass is 241 g/mol. The summed E-state index contributed by atoms with van der Waals surface area (Å²) in [4.78, 5) is 0. The molecule has 0 aromatic heterocycles. The van der Waals surface area contributed by atoms with Crippen molar-refractivity contribution in [2.24, 2.45) is 5.92 Å². The van der Waals surface area contributed by atoms with Gasteiger partial charge in [-0.25, -0.2) is 8.78 Å². The van der Waals surface area contributed by atoms with Crippen LogP contribution in [0.25, 0.3) is 0 Å². The maximum atomic E-state index is 13.0. The lowest BCUT2D eigenvalue weighted by molar-refractivity contribution is 0.472. The SMILES string of the molecule is CCCCC(CC)CNc1ccc(F)c(F)c1. The number of nitrogens with one attached hydrogen (secondary N) is 1. The molecule has 0 heterocycles. The number of hydrogen-bond acceptors (Lipinski definition) is 1. The first kappa shape index (κ1) is 13.9. The molecule has 0 aliphatic carbocycles. The van der Waals surface area contributed by atoms with E-state index in [1.54, 1.807) is 6.07 Å². The van der Waals surface area contributed by atoms with E-state index < -0.39 is 11.6 Å². The van der Waals surface area contributed by atoms with Crippen LogP contribution in [0.3, 0.4) is 0 Å². The molecule has 1 N–H and O–H groups in total. The van der Waals surface area contributed by atoms with E-state index in [0.717, 1.165) is 19.0 Å². The van der Waals surface area contributed by atoms with Crippen LogP contribution in [0.15, 0.2) is 18.2 Å². The minimum absolute atomic E-state index is 0.600. The standard InChI is InChI=1S/C14H21F2N/c1-3-5-6-11(4-2)10-17-12-7-8-13(15)14(16)9-12/h7-9,11,17H,3-6,10H2,1-2H3. The fourth-order valence-electron chi connectivity index (χ4n) is 1.81. The van der Waals surface area contributed by atoms with Crippen LogP contribution in [0.2, 0.25) is 0 Å². The molecule has 96 valence electrons. The van der Waals surface area contributed by atoms with Gasteiger partial charge in [-0.15, -0.1) is 0 Å². The maximum Gasteiger partial charge on any atom is 0.160 e. The third-order valence-corrected chi connectivity index (χ3v) is 3.06. The van der Waals surface area contributed by atoms with E-state index in [-0.39, 0.29) is 0 Å². The Morgan fingerprint density at radius 1 is 1.18 bits per heavy atom. The minimum atomic E-state index is -0.798. The van der Waals surface area contributed by atoms with Crippen LogP contribution in [0, 0.1) is 17.6 Å². The van der Waals surface area contributed by atoms with E-state index in [4.69, 9.17) is 0 Å². The first-order valence-corrected chi connectivity index (χ1v) is 6.36. The Morgan fingerprint density at radius 2 is 1.94 bits per heavy atom. The molecule has 1 unspecified atom stereocenters. The van der Waals surface area contributed by atoms with Gasteiger partial charge in [0.05, 0.1) is 0 Å². The molecular weight excluding hydrogens is 220 g/mol. The van der Waals surface area contributed by atoms with Crippen molar-refractivity contribution in [3.63, 3.8) is 0 Å². The normalized spacial score (nSPS) is 12.5. The van der Waals surface area contributed by atoms with Gasteiger partial charge < -0.3 is 5.32 Å². The smallest absolute Gasteiger partial charge is 0.160 e. The number of halogens is 2. The Kier molecular flexibility index (Phi) is 5.95. The number of benzene rings is 1. The molecule has 0 fully saturated rings. The highest BCUT2D eigenvalue weighted by atomic mass is 19.2. The minimum Gasteiger partial charge on any atom is -0.385 e. The van der Waals surface area contributed by atoms with Gasteiger partial charge in [0.25, 0.3) is 0 Å². The zero-order chi connectivity index (χ0) is 12.7. The molecule has 0 amide bonds. The summed E-state index contributed by atoms with van der Waals surface area (Å²) in [6, 6.07) is 3.94. The van der Waals surface area contributed by atoms with Crippen LogP contribution >= 0.6 is 0 Å². The van der Waals surface area contributed by atoms with Crippen molar-refractivity contribution in [3.05, 3.63) is 29.8 Å². The Morgan fingerprint density at radius 3 is 2.53 bits per heavy atom. The number of rotatable bonds is 7. The largest absolute Gasteiger partial charge is 0.385 e. The average molecular weight is 241 g/mol. The Hall–Kier alpha value is -1.12.